The maximum absolute atomic E-state index is 15.5. The predicted octanol–water partition coefficient (Wildman–Crippen LogP) is 3.66. The highest BCUT2D eigenvalue weighted by Gasteiger charge is 2.81. The fourth-order valence-corrected chi connectivity index (χ4v) is 9.67. The second-order valence-electron chi connectivity index (χ2n) is 17.0. The van der Waals surface area contributed by atoms with Crippen molar-refractivity contribution in [1.82, 2.24) is 24.5 Å². The molecular weight excluding hydrogens is 660 g/mol. The lowest BCUT2D eigenvalue weighted by Crippen LogP contribution is -2.70. The van der Waals surface area contributed by atoms with Crippen LogP contribution >= 0.6 is 0 Å². The Morgan fingerprint density at radius 2 is 1.04 bits per heavy atom. The Balaban J connectivity index is 2.04. The van der Waals surface area contributed by atoms with Crippen LogP contribution in [0.25, 0.3) is 0 Å². The van der Waals surface area contributed by atoms with Crippen LogP contribution in [-0.2, 0) is 34.2 Å². The number of nitrogens with zero attached hydrogens (tertiary/aromatic N) is 6. The molecule has 0 spiro atoms. The van der Waals surface area contributed by atoms with E-state index in [0.29, 0.717) is 0 Å². The fourth-order valence-electron chi connectivity index (χ4n) is 9.67. The minimum Gasteiger partial charge on any atom is -0.351 e. The molecule has 3 aliphatic rings. The number of rotatable bonds is 0. The van der Waals surface area contributed by atoms with E-state index in [9.17, 15) is 19.2 Å². The smallest absolute Gasteiger partial charge is 0.249 e. The van der Waals surface area contributed by atoms with Crippen molar-refractivity contribution < 1.29 is 28.8 Å². The number of hydrogen-bond donors (Lipinski definition) is 0. The van der Waals surface area contributed by atoms with E-state index in [4.69, 9.17) is 0 Å². The molecule has 5 amide bonds. The lowest BCUT2D eigenvalue weighted by Gasteiger charge is -2.51. The van der Waals surface area contributed by atoms with Crippen molar-refractivity contribution in [3.8, 4) is 0 Å². The van der Waals surface area contributed by atoms with Gasteiger partial charge in [0.15, 0.2) is 5.78 Å². The molecule has 2 saturated heterocycles. The van der Waals surface area contributed by atoms with Crippen molar-refractivity contribution in [1.29, 1.82) is 0 Å². The summed E-state index contributed by atoms with van der Waals surface area (Å²) in [5, 5.41) is 0. The van der Waals surface area contributed by atoms with E-state index in [1.165, 1.54) is 33.7 Å². The number of carbonyl (C=O) groups excluding carboxylic acids is 6. The number of aryl methyl sites for hydroxylation is 2. The van der Waals surface area contributed by atoms with Crippen LogP contribution in [0.5, 0.6) is 0 Å². The first kappa shape index (κ1) is 40.8. The van der Waals surface area contributed by atoms with Gasteiger partial charge in [-0.05, 0) is 84.6 Å². The van der Waals surface area contributed by atoms with Crippen LogP contribution in [0.2, 0.25) is 0 Å². The molecule has 0 aromatic heterocycles. The largest absolute Gasteiger partial charge is 0.351 e. The second kappa shape index (κ2) is 12.9. The molecule has 0 aliphatic carbocycles. The predicted molar refractivity (Wildman–Crippen MR) is 202 cm³/mol. The van der Waals surface area contributed by atoms with Crippen LogP contribution < -0.4 is 4.90 Å². The molecule has 288 valence electrons. The van der Waals surface area contributed by atoms with E-state index in [1.54, 1.807) is 60.5 Å². The molecule has 2 fully saturated rings. The van der Waals surface area contributed by atoms with Gasteiger partial charge in [0.2, 0.25) is 29.5 Å². The van der Waals surface area contributed by atoms with Gasteiger partial charge in [0, 0.05) is 64.1 Å². The van der Waals surface area contributed by atoms with Gasteiger partial charge in [-0.25, -0.2) is 0 Å². The maximum Gasteiger partial charge on any atom is 0.249 e. The van der Waals surface area contributed by atoms with Gasteiger partial charge in [-0.1, -0.05) is 33.8 Å². The summed E-state index contributed by atoms with van der Waals surface area (Å²) in [6.07, 6.45) is -0.151. The number of benzene rings is 1. The highest BCUT2D eigenvalue weighted by atomic mass is 16.2. The van der Waals surface area contributed by atoms with Crippen LogP contribution in [0.15, 0.2) is 6.07 Å². The van der Waals surface area contributed by atoms with Gasteiger partial charge in [-0.3, -0.25) is 28.8 Å². The van der Waals surface area contributed by atoms with Crippen molar-refractivity contribution in [3.63, 3.8) is 0 Å². The highest BCUT2D eigenvalue weighted by Crippen LogP contribution is 2.71. The third-order valence-electron chi connectivity index (χ3n) is 14.6. The first-order valence-electron chi connectivity index (χ1n) is 18.4. The van der Waals surface area contributed by atoms with Crippen LogP contribution in [-0.4, -0.2) is 130 Å². The van der Waals surface area contributed by atoms with Crippen molar-refractivity contribution in [3.05, 3.63) is 28.3 Å². The van der Waals surface area contributed by atoms with E-state index in [2.05, 4.69) is 38.7 Å². The zero-order chi connectivity index (χ0) is 40.1. The summed E-state index contributed by atoms with van der Waals surface area (Å²) < 4.78 is 0. The number of likely N-dealkylation sites (N-methyl/N-ethyl adjacent to an activating group) is 5. The molecule has 52 heavy (non-hydrogen) atoms. The molecular formula is C40H62N6O6. The summed E-state index contributed by atoms with van der Waals surface area (Å²) >= 11 is 0. The van der Waals surface area contributed by atoms with E-state index in [1.807, 2.05) is 27.8 Å². The van der Waals surface area contributed by atoms with Crippen molar-refractivity contribution >= 4 is 41.0 Å². The zero-order valence-corrected chi connectivity index (χ0v) is 34.8. The van der Waals surface area contributed by atoms with Crippen molar-refractivity contribution in [2.45, 2.75) is 137 Å². The average molecular weight is 723 g/mol. The number of carbonyl (C=O) groups is 6. The molecule has 1 aromatic carbocycles. The molecule has 8 unspecified atom stereocenters. The quantitative estimate of drug-likeness (QED) is 0.401. The number of anilines is 1. The maximum atomic E-state index is 15.5. The third-order valence-corrected chi connectivity index (χ3v) is 14.6. The summed E-state index contributed by atoms with van der Waals surface area (Å²) in [6, 6.07) is -1.71. The molecule has 3 aliphatic heterocycles. The fraction of sp³-hybridized carbons (Fsp3) is 0.700. The number of fused-ring (bicyclic) bond motifs is 5. The van der Waals surface area contributed by atoms with Crippen LogP contribution in [0, 0.1) is 32.1 Å². The zero-order valence-electron chi connectivity index (χ0n) is 34.8. The van der Waals surface area contributed by atoms with Gasteiger partial charge in [0.1, 0.15) is 29.3 Å². The minimum absolute atomic E-state index is 0.151. The Hall–Kier alpha value is -3.96. The molecule has 12 nitrogen and oxygen atoms in total. The van der Waals surface area contributed by atoms with Crippen LogP contribution in [0.1, 0.15) is 97.9 Å². The third kappa shape index (κ3) is 4.97. The van der Waals surface area contributed by atoms with Gasteiger partial charge in [-0.2, -0.15) is 0 Å². The summed E-state index contributed by atoms with van der Waals surface area (Å²) in [5.74, 6) is -3.24. The molecule has 1 aromatic rings. The van der Waals surface area contributed by atoms with Gasteiger partial charge >= 0.3 is 0 Å². The number of hydrogen-bond acceptors (Lipinski definition) is 7. The standard InChI is InChI=1S/C40H62N6O6/c1-21-19-22(2)30-31(24(21)4)45(18)40(13)38(30,11)37(9,10)39(12)36(52)44(17)25(5)29(47)20-23(3)32(48)41(14)26(6)33(49)42(15)27(7)34(50)43(16)28(8)35(51)46(39)40/h19,23,25-28H,20H2,1-18H3. The SMILES string of the molecule is Cc1cc(C)c2c(c1C)N(C)C1(C)N3C(=O)C(C)N(C)C(=O)C(C)N(C)C(=O)C(C)N(C)C(=O)C(C)CC(=O)C(C)N(C)C(=O)C3(C)C(C)(C)C21C. The summed E-state index contributed by atoms with van der Waals surface area (Å²) in [7, 11) is 8.10. The normalized spacial score (nSPS) is 35.2. The van der Waals surface area contributed by atoms with Crippen LogP contribution in [0.3, 0.4) is 0 Å². The Bertz CT molecular complexity index is 1740. The lowest BCUT2D eigenvalue weighted by atomic mass is 9.55. The van der Waals surface area contributed by atoms with Crippen molar-refractivity contribution in [2.24, 2.45) is 11.3 Å². The first-order chi connectivity index (χ1) is 23.6. The van der Waals surface area contributed by atoms with E-state index in [-0.39, 0.29) is 12.2 Å². The average Bonchev–Trinajstić information content (AvgIpc) is 3.34. The molecule has 0 radical (unpaired) electrons. The first-order valence-corrected chi connectivity index (χ1v) is 18.4. The Morgan fingerprint density at radius 1 is 0.596 bits per heavy atom. The Morgan fingerprint density at radius 3 is 1.52 bits per heavy atom. The molecule has 4 rings (SSSR count). The van der Waals surface area contributed by atoms with Gasteiger partial charge in [-0.15, -0.1) is 0 Å². The molecule has 12 heteroatoms. The van der Waals surface area contributed by atoms with E-state index >= 15 is 9.59 Å². The molecule has 0 N–H and O–H groups in total. The van der Waals surface area contributed by atoms with Gasteiger partial charge in [0.25, 0.3) is 0 Å². The summed E-state index contributed by atoms with van der Waals surface area (Å²) in [6.45, 7) is 24.3. The number of amides is 5. The monoisotopic (exact) mass is 722 g/mol. The minimum atomic E-state index is -1.53. The summed E-state index contributed by atoms with van der Waals surface area (Å²) in [5.41, 5.74) is 0.890. The lowest BCUT2D eigenvalue weighted by molar-refractivity contribution is -0.165. The molecule has 3 heterocycles. The van der Waals surface area contributed by atoms with Gasteiger partial charge in [0.05, 0.1) is 6.04 Å². The Kier molecular flexibility index (Phi) is 10.1. The van der Waals surface area contributed by atoms with Gasteiger partial charge < -0.3 is 29.4 Å². The van der Waals surface area contributed by atoms with E-state index < -0.39 is 81.7 Å². The number of Topliss-reactive ketones (excluding diaryl/α,β-unsaturated/α-hetero) is 1. The molecule has 8 atom stereocenters. The highest BCUT2D eigenvalue weighted by molar-refractivity contribution is 6.01. The Labute approximate surface area is 310 Å². The van der Waals surface area contributed by atoms with Crippen LogP contribution in [0.4, 0.5) is 5.69 Å². The summed E-state index contributed by atoms with van der Waals surface area (Å²) in [4.78, 5) is 95.3. The molecule has 0 bridgehead atoms. The molecule has 0 saturated carbocycles. The van der Waals surface area contributed by atoms with E-state index in [0.717, 1.165) is 27.9 Å². The second-order valence-corrected chi connectivity index (χ2v) is 17.0. The topological polar surface area (TPSA) is 122 Å². The van der Waals surface area contributed by atoms with Crippen molar-refractivity contribution in [2.75, 3.05) is 40.1 Å². The number of ketones is 1.